The number of ether oxygens (including phenoxy) is 1. The minimum atomic E-state index is -0.0409. The summed E-state index contributed by atoms with van der Waals surface area (Å²) in [6.45, 7) is 2.62. The number of fused-ring (bicyclic) bond motifs is 1. The lowest BCUT2D eigenvalue weighted by molar-refractivity contribution is -0.121. The zero-order valence-electron chi connectivity index (χ0n) is 15.4. The molecule has 1 aliphatic heterocycles. The molecule has 0 unspecified atom stereocenters. The Morgan fingerprint density at radius 2 is 2.15 bits per heavy atom. The van der Waals surface area contributed by atoms with Gasteiger partial charge in [0.2, 0.25) is 5.91 Å². The van der Waals surface area contributed by atoms with Crippen molar-refractivity contribution in [1.82, 2.24) is 4.98 Å². The topological polar surface area (TPSA) is 71.5 Å². The molecule has 4 rings (SSSR count). The number of carbonyl (C=O) groups excluding carboxylic acids is 2. The quantitative estimate of drug-likeness (QED) is 0.861. The van der Waals surface area contributed by atoms with Gasteiger partial charge in [-0.2, -0.15) is 0 Å². The molecule has 1 N–H and O–H groups in total. The molecule has 2 aromatic rings. The van der Waals surface area contributed by atoms with Crippen molar-refractivity contribution >= 4 is 34.0 Å². The maximum Gasteiger partial charge on any atom is 0.265 e. The predicted molar refractivity (Wildman–Crippen MR) is 106 cm³/mol. The summed E-state index contributed by atoms with van der Waals surface area (Å²) in [5.41, 5.74) is 2.46. The van der Waals surface area contributed by atoms with Gasteiger partial charge in [0.05, 0.1) is 11.4 Å². The maximum absolute atomic E-state index is 12.4. The Labute approximate surface area is 162 Å². The molecule has 6 nitrogen and oxygen atoms in total. The Morgan fingerprint density at radius 3 is 2.93 bits per heavy atom. The van der Waals surface area contributed by atoms with Crippen LogP contribution in [-0.2, 0) is 9.59 Å². The number of carbonyl (C=O) groups is 2. The highest BCUT2D eigenvalue weighted by Gasteiger charge is 2.25. The average Bonchev–Trinajstić information content (AvgIpc) is 3.16. The van der Waals surface area contributed by atoms with Crippen LogP contribution in [0.2, 0.25) is 0 Å². The molecule has 2 heterocycles. The average molecular weight is 385 g/mol. The highest BCUT2D eigenvalue weighted by molar-refractivity contribution is 7.14. The third-order valence-corrected chi connectivity index (χ3v) is 5.98. The first-order chi connectivity index (χ1) is 13.2. The number of amides is 2. The molecule has 1 aliphatic carbocycles. The number of nitrogens with zero attached hydrogens (tertiary/aromatic N) is 2. The summed E-state index contributed by atoms with van der Waals surface area (Å²) in [7, 11) is 0. The largest absolute Gasteiger partial charge is 0.482 e. The Kier molecular flexibility index (Phi) is 5.11. The van der Waals surface area contributed by atoms with Crippen LogP contribution < -0.4 is 15.0 Å². The van der Waals surface area contributed by atoms with Gasteiger partial charge in [-0.05, 0) is 38.0 Å². The zero-order valence-corrected chi connectivity index (χ0v) is 16.2. The van der Waals surface area contributed by atoms with Gasteiger partial charge in [0.25, 0.3) is 5.91 Å². The monoisotopic (exact) mass is 385 g/mol. The summed E-state index contributed by atoms with van der Waals surface area (Å²) in [5.74, 6) is 0.857. The molecule has 0 bridgehead atoms. The van der Waals surface area contributed by atoms with Gasteiger partial charge in [-0.25, -0.2) is 4.98 Å². The van der Waals surface area contributed by atoms with Crippen molar-refractivity contribution in [3.63, 3.8) is 0 Å². The van der Waals surface area contributed by atoms with Crippen LogP contribution in [0.4, 0.5) is 10.8 Å². The smallest absolute Gasteiger partial charge is 0.265 e. The van der Waals surface area contributed by atoms with Gasteiger partial charge in [0.1, 0.15) is 5.75 Å². The minimum Gasteiger partial charge on any atom is -0.482 e. The van der Waals surface area contributed by atoms with E-state index in [1.165, 1.54) is 17.8 Å². The van der Waals surface area contributed by atoms with Gasteiger partial charge in [-0.15, -0.1) is 11.3 Å². The van der Waals surface area contributed by atoms with E-state index in [0.717, 1.165) is 42.6 Å². The van der Waals surface area contributed by atoms with Crippen LogP contribution in [0.3, 0.4) is 0 Å². The molecule has 0 atom stereocenters. The molecular weight excluding hydrogens is 362 g/mol. The fraction of sp³-hybridized carbons (Fsp3) is 0.450. The number of rotatable bonds is 4. The number of aromatic nitrogens is 1. The van der Waals surface area contributed by atoms with Crippen LogP contribution in [0.15, 0.2) is 23.6 Å². The third-order valence-electron chi connectivity index (χ3n) is 5.22. The summed E-state index contributed by atoms with van der Waals surface area (Å²) in [5, 5.41) is 5.52. The number of nitrogens with one attached hydrogen (secondary N) is 1. The van der Waals surface area contributed by atoms with E-state index in [1.54, 1.807) is 4.90 Å². The summed E-state index contributed by atoms with van der Waals surface area (Å²) in [4.78, 5) is 30.8. The lowest BCUT2D eigenvalue weighted by atomic mass is 9.89. The van der Waals surface area contributed by atoms with Crippen molar-refractivity contribution in [2.24, 2.45) is 5.92 Å². The van der Waals surface area contributed by atoms with Crippen LogP contribution in [0.25, 0.3) is 11.3 Å². The second-order valence-corrected chi connectivity index (χ2v) is 7.83. The van der Waals surface area contributed by atoms with E-state index in [-0.39, 0.29) is 24.3 Å². The van der Waals surface area contributed by atoms with E-state index in [2.05, 4.69) is 10.3 Å². The van der Waals surface area contributed by atoms with Crippen molar-refractivity contribution in [3.05, 3.63) is 23.6 Å². The van der Waals surface area contributed by atoms with Gasteiger partial charge >= 0.3 is 0 Å². The lowest BCUT2D eigenvalue weighted by Crippen LogP contribution is -2.38. The number of hydrogen-bond donors (Lipinski definition) is 1. The van der Waals surface area contributed by atoms with Gasteiger partial charge in [-0.3, -0.25) is 9.59 Å². The van der Waals surface area contributed by atoms with Crippen LogP contribution in [0.1, 0.15) is 39.0 Å². The Hall–Kier alpha value is -2.41. The molecule has 7 heteroatoms. The zero-order chi connectivity index (χ0) is 18.8. The van der Waals surface area contributed by atoms with E-state index in [0.29, 0.717) is 17.4 Å². The van der Waals surface area contributed by atoms with Crippen molar-refractivity contribution < 1.29 is 14.3 Å². The first kappa shape index (κ1) is 18.0. The van der Waals surface area contributed by atoms with Gasteiger partial charge in [-0.1, -0.05) is 19.3 Å². The number of anilines is 2. The van der Waals surface area contributed by atoms with Crippen molar-refractivity contribution in [2.75, 3.05) is 23.4 Å². The minimum absolute atomic E-state index is 0.0409. The molecule has 1 aromatic carbocycles. The van der Waals surface area contributed by atoms with E-state index in [9.17, 15) is 9.59 Å². The summed E-state index contributed by atoms with van der Waals surface area (Å²) < 4.78 is 5.52. The third kappa shape index (κ3) is 3.69. The molecule has 2 aliphatic rings. The molecule has 1 fully saturated rings. The van der Waals surface area contributed by atoms with Crippen molar-refractivity contribution in [1.29, 1.82) is 0 Å². The first-order valence-corrected chi connectivity index (χ1v) is 10.4. The van der Waals surface area contributed by atoms with E-state index in [4.69, 9.17) is 4.74 Å². The molecule has 0 radical (unpaired) electrons. The van der Waals surface area contributed by atoms with Gasteiger partial charge in [0, 0.05) is 23.4 Å². The second kappa shape index (κ2) is 7.68. The Balaban J connectivity index is 1.52. The fourth-order valence-corrected chi connectivity index (χ4v) is 4.47. The van der Waals surface area contributed by atoms with Crippen molar-refractivity contribution in [3.8, 4) is 17.0 Å². The molecule has 0 saturated heterocycles. The van der Waals surface area contributed by atoms with E-state index >= 15 is 0 Å². The van der Waals surface area contributed by atoms with E-state index in [1.807, 2.05) is 30.5 Å². The number of likely N-dealkylation sites (N-methyl/N-ethyl adjacent to an activating group) is 1. The van der Waals surface area contributed by atoms with Crippen LogP contribution in [-0.4, -0.2) is 29.9 Å². The Morgan fingerprint density at radius 1 is 1.33 bits per heavy atom. The second-order valence-electron chi connectivity index (χ2n) is 6.97. The molecule has 27 heavy (non-hydrogen) atoms. The molecular formula is C20H23N3O3S. The van der Waals surface area contributed by atoms with Crippen LogP contribution >= 0.6 is 11.3 Å². The SMILES string of the molecule is CCN1C(=O)COc2ccc(-c3csc(NC(=O)C4CCCCC4)n3)cc21. The molecule has 2 amide bonds. The molecule has 1 aromatic heterocycles. The van der Waals surface area contributed by atoms with Crippen LogP contribution in [0.5, 0.6) is 5.75 Å². The summed E-state index contributed by atoms with van der Waals surface area (Å²) in [6.07, 6.45) is 5.42. The highest BCUT2D eigenvalue weighted by atomic mass is 32.1. The maximum atomic E-state index is 12.4. The molecule has 0 spiro atoms. The van der Waals surface area contributed by atoms with E-state index < -0.39 is 0 Å². The van der Waals surface area contributed by atoms with Crippen molar-refractivity contribution in [2.45, 2.75) is 39.0 Å². The molecule has 1 saturated carbocycles. The predicted octanol–water partition coefficient (Wildman–Crippen LogP) is 4.07. The first-order valence-electron chi connectivity index (χ1n) is 9.49. The number of thiazole rings is 1. The summed E-state index contributed by atoms with van der Waals surface area (Å²) >= 11 is 1.43. The molecule has 142 valence electrons. The Bertz CT molecular complexity index is 858. The normalized spacial score (nSPS) is 17.4. The highest BCUT2D eigenvalue weighted by Crippen LogP contribution is 2.36. The van der Waals surface area contributed by atoms with Crippen LogP contribution in [0, 0.1) is 5.92 Å². The fourth-order valence-electron chi connectivity index (χ4n) is 3.74. The van der Waals surface area contributed by atoms with Gasteiger partial charge in [0.15, 0.2) is 11.7 Å². The lowest BCUT2D eigenvalue weighted by Gasteiger charge is -2.28. The summed E-state index contributed by atoms with van der Waals surface area (Å²) in [6, 6.07) is 5.74. The van der Waals surface area contributed by atoms with Gasteiger partial charge < -0.3 is 15.0 Å². The number of hydrogen-bond acceptors (Lipinski definition) is 5. The number of benzene rings is 1. The standard InChI is InChI=1S/C20H23N3O3S/c1-2-23-16-10-14(8-9-17(16)26-11-18(23)24)15-12-27-20(21-15)22-19(25)13-6-4-3-5-7-13/h8-10,12-13H,2-7,11H2,1H3,(H,21,22,25).